The third-order valence-corrected chi connectivity index (χ3v) is 5.72. The Labute approximate surface area is 191 Å². The molecule has 0 aliphatic rings. The van der Waals surface area contributed by atoms with Crippen LogP contribution in [0, 0.1) is 0 Å². The lowest BCUT2D eigenvalue weighted by molar-refractivity contribution is -0.135. The molecule has 4 aromatic rings. The van der Waals surface area contributed by atoms with E-state index < -0.39 is 5.97 Å². The maximum absolute atomic E-state index is 13.1. The lowest BCUT2D eigenvalue weighted by atomic mass is 10.2. The third-order valence-electron chi connectivity index (χ3n) is 4.41. The first-order chi connectivity index (χ1) is 15.5. The summed E-state index contributed by atoms with van der Waals surface area (Å²) in [6.07, 6.45) is 3.04. The number of thiazole rings is 1. The number of benzene rings is 2. The molecule has 9 heteroatoms. The second-order valence-corrected chi connectivity index (χ2v) is 8.15. The van der Waals surface area contributed by atoms with Crippen LogP contribution < -0.4 is 14.8 Å². The topological polar surface area (TPSA) is 87.2 Å². The minimum atomic E-state index is -0.531. The first kappa shape index (κ1) is 21.7. The minimum absolute atomic E-state index is 0.0227. The number of carbonyl (C=O) groups excluding carboxylic acids is 1. The molecule has 0 amide bonds. The molecule has 0 saturated carbocycles. The molecular weight excluding hydrogens is 450 g/mol. The van der Waals surface area contributed by atoms with Gasteiger partial charge in [-0.1, -0.05) is 41.9 Å². The summed E-state index contributed by atoms with van der Waals surface area (Å²) in [5, 5.41) is 8.73. The van der Waals surface area contributed by atoms with Crippen LogP contribution in [0.2, 0.25) is 5.02 Å². The maximum Gasteiger partial charge on any atom is 0.333 e. The highest BCUT2D eigenvalue weighted by Gasteiger charge is 2.13. The summed E-state index contributed by atoms with van der Waals surface area (Å²) in [6, 6.07) is 16.4. The molecule has 2 heterocycles. The van der Waals surface area contributed by atoms with Gasteiger partial charge in [0.1, 0.15) is 11.2 Å². The number of hydrogen-bond acceptors (Lipinski definition) is 7. The van der Waals surface area contributed by atoms with Crippen LogP contribution >= 0.6 is 22.9 Å². The summed E-state index contributed by atoms with van der Waals surface area (Å²) < 4.78 is 13.1. The molecule has 7 nitrogen and oxygen atoms in total. The predicted octanol–water partition coefficient (Wildman–Crippen LogP) is 2.83. The predicted molar refractivity (Wildman–Crippen MR) is 123 cm³/mol. The Hall–Kier alpha value is -3.49. The zero-order chi connectivity index (χ0) is 22.5. The zero-order valence-corrected chi connectivity index (χ0v) is 18.6. The summed E-state index contributed by atoms with van der Waals surface area (Å²) in [7, 11) is 0. The van der Waals surface area contributed by atoms with E-state index in [1.807, 2.05) is 42.5 Å². The van der Waals surface area contributed by atoms with Gasteiger partial charge in [-0.05, 0) is 42.8 Å². The normalized spacial score (nSPS) is 12.3. The lowest BCUT2D eigenvalue weighted by Crippen LogP contribution is -2.32. The summed E-state index contributed by atoms with van der Waals surface area (Å²) in [6.45, 7) is 1.98. The molecule has 0 bridgehead atoms. The lowest BCUT2D eigenvalue weighted by Gasteiger charge is -1.98. The molecule has 32 heavy (non-hydrogen) atoms. The summed E-state index contributed by atoms with van der Waals surface area (Å²) >= 11 is 7.12. The van der Waals surface area contributed by atoms with Crippen molar-refractivity contribution >= 4 is 41.1 Å². The van der Waals surface area contributed by atoms with Gasteiger partial charge < -0.3 is 9.15 Å². The van der Waals surface area contributed by atoms with E-state index >= 15 is 0 Å². The van der Waals surface area contributed by atoms with E-state index in [1.54, 1.807) is 25.1 Å². The third kappa shape index (κ3) is 5.04. The first-order valence-corrected chi connectivity index (χ1v) is 11.0. The van der Waals surface area contributed by atoms with E-state index in [2.05, 4.69) is 10.2 Å². The molecule has 0 unspecified atom stereocenters. The van der Waals surface area contributed by atoms with Crippen LogP contribution in [0.15, 0.2) is 63.8 Å². The fraction of sp³-hybridized carbons (Fsp3) is 0.130. The molecule has 0 aliphatic carbocycles. The van der Waals surface area contributed by atoms with Gasteiger partial charge in [0.05, 0.1) is 17.2 Å². The van der Waals surface area contributed by atoms with Crippen molar-refractivity contribution in [2.45, 2.75) is 13.5 Å². The zero-order valence-electron chi connectivity index (χ0n) is 17.0. The van der Waals surface area contributed by atoms with Crippen molar-refractivity contribution in [1.82, 2.24) is 14.8 Å². The molecule has 0 saturated heterocycles. The minimum Gasteiger partial charge on any atom is -0.463 e. The average Bonchev–Trinajstić information content (AvgIpc) is 3.37. The Bertz CT molecular complexity index is 1410. The van der Waals surface area contributed by atoms with Gasteiger partial charge in [0, 0.05) is 10.6 Å². The van der Waals surface area contributed by atoms with Crippen molar-refractivity contribution < 1.29 is 13.9 Å². The van der Waals surface area contributed by atoms with E-state index in [9.17, 15) is 9.59 Å². The highest BCUT2D eigenvalue weighted by atomic mass is 35.5. The fourth-order valence-corrected chi connectivity index (χ4v) is 4.09. The SMILES string of the molecule is CCOC(=O)C=c1s/c(=C\c2ccc(Cl)cc2)c(=O)n1Cc1nnc(-c2ccccc2)o1. The number of nitrogens with zero attached hydrogens (tertiary/aromatic N) is 3. The van der Waals surface area contributed by atoms with Crippen LogP contribution in [-0.4, -0.2) is 27.3 Å². The van der Waals surface area contributed by atoms with Crippen molar-refractivity contribution in [3.63, 3.8) is 0 Å². The maximum atomic E-state index is 13.1. The van der Waals surface area contributed by atoms with E-state index in [0.29, 0.717) is 20.1 Å². The van der Waals surface area contributed by atoms with Crippen molar-refractivity contribution in [2.75, 3.05) is 6.61 Å². The Morgan fingerprint density at radius 1 is 1.16 bits per heavy atom. The van der Waals surface area contributed by atoms with E-state index in [4.69, 9.17) is 20.8 Å². The van der Waals surface area contributed by atoms with Gasteiger partial charge in [-0.25, -0.2) is 4.79 Å². The van der Waals surface area contributed by atoms with Gasteiger partial charge in [-0.15, -0.1) is 21.5 Å². The van der Waals surface area contributed by atoms with Gasteiger partial charge in [-0.2, -0.15) is 0 Å². The number of aromatic nitrogens is 3. The highest BCUT2D eigenvalue weighted by molar-refractivity contribution is 7.07. The molecule has 0 N–H and O–H groups in total. The molecule has 162 valence electrons. The quantitative estimate of drug-likeness (QED) is 0.405. The molecule has 2 aromatic heterocycles. The van der Waals surface area contributed by atoms with Crippen LogP contribution in [0.25, 0.3) is 23.6 Å². The van der Waals surface area contributed by atoms with Crippen LogP contribution in [0.5, 0.6) is 0 Å². The van der Waals surface area contributed by atoms with E-state index in [1.165, 1.54) is 22.0 Å². The molecule has 0 atom stereocenters. The van der Waals surface area contributed by atoms with Gasteiger partial charge in [0.15, 0.2) is 0 Å². The van der Waals surface area contributed by atoms with Crippen LogP contribution in [0.1, 0.15) is 18.4 Å². The van der Waals surface area contributed by atoms with Gasteiger partial charge in [0.25, 0.3) is 5.56 Å². The number of carbonyl (C=O) groups is 1. The number of esters is 1. The Morgan fingerprint density at radius 2 is 1.91 bits per heavy atom. The monoisotopic (exact) mass is 467 g/mol. The molecule has 2 aromatic carbocycles. The summed E-state index contributed by atoms with van der Waals surface area (Å²) in [4.78, 5) is 25.2. The molecular formula is C23H18ClN3O4S. The smallest absolute Gasteiger partial charge is 0.333 e. The van der Waals surface area contributed by atoms with E-state index in [0.717, 1.165) is 11.1 Å². The molecule has 0 radical (unpaired) electrons. The molecule has 0 aliphatic heterocycles. The van der Waals surface area contributed by atoms with Gasteiger partial charge in [-0.3, -0.25) is 9.36 Å². The number of ether oxygens (including phenoxy) is 1. The fourth-order valence-electron chi connectivity index (χ4n) is 2.94. The van der Waals surface area contributed by atoms with Crippen molar-refractivity contribution in [1.29, 1.82) is 0 Å². The standard InChI is InChI=1S/C23H18ClN3O4S/c1-2-30-21(28)13-20-27(14-19-25-26-22(31-19)16-6-4-3-5-7-16)23(29)18(32-20)12-15-8-10-17(24)11-9-15/h3-13H,2,14H2,1H3/b18-12-,20-13?. The van der Waals surface area contributed by atoms with Gasteiger partial charge in [0.2, 0.25) is 11.8 Å². The van der Waals surface area contributed by atoms with E-state index in [-0.39, 0.29) is 24.6 Å². The molecule has 4 rings (SSSR count). The number of rotatable bonds is 6. The first-order valence-electron chi connectivity index (χ1n) is 9.76. The summed E-state index contributed by atoms with van der Waals surface area (Å²) in [5.74, 6) is 0.0732. The van der Waals surface area contributed by atoms with Crippen LogP contribution in [-0.2, 0) is 16.1 Å². The summed E-state index contributed by atoms with van der Waals surface area (Å²) in [5.41, 5.74) is 1.31. The van der Waals surface area contributed by atoms with Crippen LogP contribution in [0.3, 0.4) is 0 Å². The second kappa shape index (κ2) is 9.76. The Morgan fingerprint density at radius 3 is 2.62 bits per heavy atom. The van der Waals surface area contributed by atoms with Crippen molar-refractivity contribution in [2.24, 2.45) is 0 Å². The largest absolute Gasteiger partial charge is 0.463 e. The Kier molecular flexibility index (Phi) is 6.63. The average molecular weight is 468 g/mol. The second-order valence-electron chi connectivity index (χ2n) is 6.66. The van der Waals surface area contributed by atoms with Crippen molar-refractivity contribution in [3.8, 4) is 11.5 Å². The van der Waals surface area contributed by atoms with Crippen molar-refractivity contribution in [3.05, 3.63) is 90.6 Å². The van der Waals surface area contributed by atoms with Gasteiger partial charge >= 0.3 is 5.97 Å². The van der Waals surface area contributed by atoms with Crippen LogP contribution in [0.4, 0.5) is 0 Å². The molecule has 0 fully saturated rings. The molecule has 0 spiro atoms. The Balaban J connectivity index is 1.76. The highest BCUT2D eigenvalue weighted by Crippen LogP contribution is 2.17. The number of hydrogen-bond donors (Lipinski definition) is 0. The number of halogens is 1.